The van der Waals surface area contributed by atoms with E-state index in [4.69, 9.17) is 0 Å². The summed E-state index contributed by atoms with van der Waals surface area (Å²) in [4.78, 5) is 0. The molecule has 0 bridgehead atoms. The van der Waals surface area contributed by atoms with Gasteiger partial charge in [-0.05, 0) is 107 Å². The van der Waals surface area contributed by atoms with E-state index in [0.717, 1.165) is 37.0 Å². The SMILES string of the molecule is C=CCCC1CCC(C2CCC(C3CCC(C(F)=CC(F)(F)F)CC3)CC2)CC1. The Morgan fingerprint density at radius 1 is 0.724 bits per heavy atom. The lowest BCUT2D eigenvalue weighted by molar-refractivity contribution is -0.0821. The molecule has 4 heteroatoms. The number of hydrogen-bond donors (Lipinski definition) is 0. The summed E-state index contributed by atoms with van der Waals surface area (Å²) >= 11 is 0. The lowest BCUT2D eigenvalue weighted by Crippen LogP contribution is -2.30. The molecule has 0 saturated heterocycles. The topological polar surface area (TPSA) is 0 Å². The molecule has 0 heterocycles. The van der Waals surface area contributed by atoms with Gasteiger partial charge in [-0.3, -0.25) is 0 Å². The Hall–Kier alpha value is -0.800. The summed E-state index contributed by atoms with van der Waals surface area (Å²) in [5, 5.41) is 0. The van der Waals surface area contributed by atoms with Crippen LogP contribution in [0.25, 0.3) is 0 Å². The highest BCUT2D eigenvalue weighted by molar-refractivity contribution is 5.03. The number of alkyl halides is 3. The zero-order valence-electron chi connectivity index (χ0n) is 17.7. The van der Waals surface area contributed by atoms with Crippen LogP contribution in [-0.4, -0.2) is 6.18 Å². The fourth-order valence-electron chi connectivity index (χ4n) is 6.53. The molecule has 0 aromatic heterocycles. The summed E-state index contributed by atoms with van der Waals surface area (Å²) in [5.41, 5.74) is 0. The zero-order chi connectivity index (χ0) is 20.9. The van der Waals surface area contributed by atoms with Gasteiger partial charge in [0.25, 0.3) is 0 Å². The van der Waals surface area contributed by atoms with Gasteiger partial charge in [0.2, 0.25) is 0 Å². The first-order valence-corrected chi connectivity index (χ1v) is 11.9. The van der Waals surface area contributed by atoms with Gasteiger partial charge in [-0.2, -0.15) is 13.2 Å². The first-order valence-electron chi connectivity index (χ1n) is 11.9. The highest BCUT2D eigenvalue weighted by Gasteiger charge is 2.36. The van der Waals surface area contributed by atoms with Crippen molar-refractivity contribution in [3.05, 3.63) is 24.6 Å². The Morgan fingerprint density at radius 2 is 1.14 bits per heavy atom. The smallest absolute Gasteiger partial charge is 0.212 e. The third-order valence-corrected chi connectivity index (χ3v) is 8.28. The van der Waals surface area contributed by atoms with E-state index >= 15 is 0 Å². The van der Waals surface area contributed by atoms with Gasteiger partial charge in [-0.15, -0.1) is 6.58 Å². The average Bonchev–Trinajstić information content (AvgIpc) is 2.72. The van der Waals surface area contributed by atoms with Gasteiger partial charge >= 0.3 is 6.18 Å². The summed E-state index contributed by atoms with van der Waals surface area (Å²) in [6.45, 7) is 3.84. The van der Waals surface area contributed by atoms with E-state index in [0.29, 0.717) is 24.7 Å². The second kappa shape index (κ2) is 10.5. The number of allylic oxidation sites excluding steroid dienone is 3. The average molecular weight is 415 g/mol. The first-order chi connectivity index (χ1) is 13.9. The number of rotatable bonds is 6. The van der Waals surface area contributed by atoms with Crippen molar-refractivity contribution in [2.45, 2.75) is 96.1 Å². The van der Waals surface area contributed by atoms with Crippen molar-refractivity contribution in [1.29, 1.82) is 0 Å². The molecule has 3 fully saturated rings. The molecule has 3 rings (SSSR count). The maximum absolute atomic E-state index is 13.8. The Kier molecular flexibility index (Phi) is 8.27. The van der Waals surface area contributed by atoms with Gasteiger partial charge in [0.05, 0.1) is 6.08 Å². The quantitative estimate of drug-likeness (QED) is 0.301. The van der Waals surface area contributed by atoms with Crippen LogP contribution in [0.4, 0.5) is 17.6 Å². The molecule has 0 spiro atoms. The Labute approximate surface area is 174 Å². The van der Waals surface area contributed by atoms with E-state index in [1.807, 2.05) is 6.08 Å². The van der Waals surface area contributed by atoms with E-state index in [-0.39, 0.29) is 6.08 Å². The maximum atomic E-state index is 13.8. The van der Waals surface area contributed by atoms with Crippen molar-refractivity contribution in [3.8, 4) is 0 Å². The fraction of sp³-hybridized carbons (Fsp3) is 0.840. The lowest BCUT2D eigenvalue weighted by Gasteiger charge is -2.41. The molecule has 166 valence electrons. The molecular formula is C25H38F4. The van der Waals surface area contributed by atoms with E-state index < -0.39 is 17.9 Å². The van der Waals surface area contributed by atoms with Crippen LogP contribution in [0.3, 0.4) is 0 Å². The van der Waals surface area contributed by atoms with Crippen LogP contribution in [0.5, 0.6) is 0 Å². The van der Waals surface area contributed by atoms with Crippen LogP contribution in [-0.2, 0) is 0 Å². The second-order valence-corrected chi connectivity index (χ2v) is 10.0. The van der Waals surface area contributed by atoms with Gasteiger partial charge in [-0.1, -0.05) is 18.9 Å². The molecule has 3 saturated carbocycles. The fourth-order valence-corrected chi connectivity index (χ4v) is 6.53. The third-order valence-electron chi connectivity index (χ3n) is 8.28. The molecule has 3 aliphatic rings. The van der Waals surface area contributed by atoms with Gasteiger partial charge in [-0.25, -0.2) is 4.39 Å². The third kappa shape index (κ3) is 6.85. The molecule has 0 unspecified atom stereocenters. The largest absolute Gasteiger partial charge is 0.412 e. The molecule has 0 amide bonds. The van der Waals surface area contributed by atoms with Gasteiger partial charge in [0, 0.05) is 5.92 Å². The summed E-state index contributed by atoms with van der Waals surface area (Å²) in [6, 6.07) is 0. The lowest BCUT2D eigenvalue weighted by atomic mass is 9.65. The van der Waals surface area contributed by atoms with Crippen molar-refractivity contribution in [2.24, 2.45) is 35.5 Å². The van der Waals surface area contributed by atoms with Crippen molar-refractivity contribution < 1.29 is 17.6 Å². The summed E-state index contributed by atoms with van der Waals surface area (Å²) in [5.74, 6) is 2.54. The number of hydrogen-bond acceptors (Lipinski definition) is 0. The van der Waals surface area contributed by atoms with E-state index in [9.17, 15) is 17.6 Å². The highest BCUT2D eigenvalue weighted by atomic mass is 19.4. The summed E-state index contributed by atoms with van der Waals surface area (Å²) in [6.07, 6.45) is 13.6. The second-order valence-electron chi connectivity index (χ2n) is 10.0. The minimum absolute atomic E-state index is 0.130. The molecule has 0 aromatic carbocycles. The molecule has 0 aliphatic heterocycles. The van der Waals surface area contributed by atoms with E-state index in [2.05, 4.69) is 6.58 Å². The molecular weight excluding hydrogens is 376 g/mol. The monoisotopic (exact) mass is 414 g/mol. The Bertz CT molecular complexity index is 526. The van der Waals surface area contributed by atoms with Crippen LogP contribution in [0.1, 0.15) is 89.9 Å². The van der Waals surface area contributed by atoms with Gasteiger partial charge in [0.15, 0.2) is 0 Å². The first kappa shape index (κ1) is 22.9. The molecule has 29 heavy (non-hydrogen) atoms. The van der Waals surface area contributed by atoms with Crippen LogP contribution >= 0.6 is 0 Å². The maximum Gasteiger partial charge on any atom is 0.412 e. The predicted molar refractivity (Wildman–Crippen MR) is 111 cm³/mol. The zero-order valence-corrected chi connectivity index (χ0v) is 17.7. The van der Waals surface area contributed by atoms with Crippen molar-refractivity contribution in [1.82, 2.24) is 0 Å². The van der Waals surface area contributed by atoms with Crippen LogP contribution in [0, 0.1) is 35.5 Å². The van der Waals surface area contributed by atoms with Crippen molar-refractivity contribution >= 4 is 0 Å². The van der Waals surface area contributed by atoms with Gasteiger partial charge in [0.1, 0.15) is 5.83 Å². The normalized spacial score (nSPS) is 37.3. The summed E-state index contributed by atoms with van der Waals surface area (Å²) < 4.78 is 51.0. The molecule has 0 nitrogen and oxygen atoms in total. The van der Waals surface area contributed by atoms with Crippen molar-refractivity contribution in [3.63, 3.8) is 0 Å². The minimum atomic E-state index is -4.54. The highest BCUT2D eigenvalue weighted by Crippen LogP contribution is 2.47. The molecule has 0 radical (unpaired) electrons. The van der Waals surface area contributed by atoms with Crippen molar-refractivity contribution in [2.75, 3.05) is 0 Å². The van der Waals surface area contributed by atoms with E-state index in [1.54, 1.807) is 0 Å². The molecule has 0 N–H and O–H groups in total. The Morgan fingerprint density at radius 3 is 1.55 bits per heavy atom. The van der Waals surface area contributed by atoms with Gasteiger partial charge < -0.3 is 0 Å². The van der Waals surface area contributed by atoms with Crippen LogP contribution in [0.2, 0.25) is 0 Å². The molecule has 0 atom stereocenters. The van der Waals surface area contributed by atoms with E-state index in [1.165, 1.54) is 57.8 Å². The molecule has 3 aliphatic carbocycles. The minimum Gasteiger partial charge on any atom is -0.212 e. The standard InChI is InChI=1S/C25H38F4/c1-2-3-4-18-5-7-19(8-6-18)20-9-11-21(12-10-20)22-13-15-23(16-14-22)24(26)17-25(27,28)29/h2,17-23H,1,3-16H2. The Balaban J connectivity index is 1.37. The summed E-state index contributed by atoms with van der Waals surface area (Å²) in [7, 11) is 0. The molecule has 0 aromatic rings. The van der Waals surface area contributed by atoms with Crippen LogP contribution < -0.4 is 0 Å². The van der Waals surface area contributed by atoms with Crippen LogP contribution in [0.15, 0.2) is 24.6 Å². The number of halogens is 4. The predicted octanol–water partition coefficient (Wildman–Crippen LogP) is 8.79.